The fourth-order valence-electron chi connectivity index (χ4n) is 2.49. The van der Waals surface area contributed by atoms with E-state index in [1.54, 1.807) is 6.07 Å². The van der Waals surface area contributed by atoms with Crippen LogP contribution in [-0.4, -0.2) is 5.84 Å². The first-order valence-electron chi connectivity index (χ1n) is 8.48. The lowest BCUT2D eigenvalue weighted by molar-refractivity contribution is 0.627. The molecule has 0 spiro atoms. The van der Waals surface area contributed by atoms with Crippen molar-refractivity contribution in [1.29, 1.82) is 0 Å². The Morgan fingerprint density at radius 1 is 1.32 bits per heavy atom. The van der Waals surface area contributed by atoms with Gasteiger partial charge in [0.25, 0.3) is 0 Å². The third kappa shape index (κ3) is 5.75. The maximum absolute atomic E-state index is 14.2. The zero-order valence-electron chi connectivity index (χ0n) is 15.0. The van der Waals surface area contributed by atoms with Crippen LogP contribution < -0.4 is 10.9 Å². The zero-order valence-corrected chi connectivity index (χ0v) is 15.8. The van der Waals surface area contributed by atoms with E-state index in [-0.39, 0.29) is 11.5 Å². The van der Waals surface area contributed by atoms with E-state index >= 15 is 0 Å². The first kappa shape index (κ1) is 19.3. The summed E-state index contributed by atoms with van der Waals surface area (Å²) in [6, 6.07) is 4.97. The average molecular weight is 362 g/mol. The lowest BCUT2D eigenvalue weighted by Crippen LogP contribution is -2.38. The van der Waals surface area contributed by atoms with Crippen molar-refractivity contribution in [3.8, 4) is 0 Å². The molecule has 0 aliphatic heterocycles. The van der Waals surface area contributed by atoms with Gasteiger partial charge in [-0.05, 0) is 55.4 Å². The van der Waals surface area contributed by atoms with Gasteiger partial charge in [0.05, 0.1) is 10.7 Å². The highest BCUT2D eigenvalue weighted by atomic mass is 35.5. The number of allylic oxidation sites excluding steroid dienone is 3. The number of aliphatic imine (C=N–C) groups is 1. The van der Waals surface area contributed by atoms with Crippen LogP contribution in [0.4, 0.5) is 10.1 Å². The summed E-state index contributed by atoms with van der Waals surface area (Å²) in [5.74, 6) is 0.568. The fraction of sp³-hybridized carbons (Fsp3) is 0.350. The number of hydrazine groups is 1. The second-order valence-electron chi connectivity index (χ2n) is 6.61. The predicted molar refractivity (Wildman–Crippen MR) is 104 cm³/mol. The van der Waals surface area contributed by atoms with Crippen molar-refractivity contribution < 1.29 is 4.39 Å². The van der Waals surface area contributed by atoms with Gasteiger partial charge in [-0.15, -0.1) is 0 Å². The van der Waals surface area contributed by atoms with Crippen molar-refractivity contribution in [1.82, 2.24) is 10.9 Å². The Kier molecular flexibility index (Phi) is 6.82. The first-order valence-corrected chi connectivity index (χ1v) is 8.86. The summed E-state index contributed by atoms with van der Waals surface area (Å²) in [7, 11) is 0. The third-order valence-corrected chi connectivity index (χ3v) is 4.09. The molecule has 0 radical (unpaired) electrons. The molecule has 0 amide bonds. The molecule has 0 saturated heterocycles. The highest BCUT2D eigenvalue weighted by Gasteiger charge is 2.12. The smallest absolute Gasteiger partial charge is 0.149 e. The van der Waals surface area contributed by atoms with E-state index in [4.69, 9.17) is 11.6 Å². The number of amidine groups is 1. The summed E-state index contributed by atoms with van der Waals surface area (Å²) < 4.78 is 14.2. The van der Waals surface area contributed by atoms with Crippen LogP contribution in [0, 0.1) is 18.7 Å². The molecule has 0 heterocycles. The zero-order chi connectivity index (χ0) is 18.4. The first-order chi connectivity index (χ1) is 11.9. The van der Waals surface area contributed by atoms with Gasteiger partial charge in [-0.2, -0.15) is 0 Å². The summed E-state index contributed by atoms with van der Waals surface area (Å²) >= 11 is 6.20. The Morgan fingerprint density at radius 2 is 2.04 bits per heavy atom. The van der Waals surface area contributed by atoms with Crippen LogP contribution >= 0.6 is 11.6 Å². The molecule has 1 aromatic rings. The molecule has 0 unspecified atom stereocenters. The topological polar surface area (TPSA) is 36.4 Å². The summed E-state index contributed by atoms with van der Waals surface area (Å²) in [5, 5.41) is 0.661. The SMILES string of the molecule is C=C(CC(C)C)C(=Nc1ccc(C)cc1F)NNC1=CCCC=C1Cl. The second kappa shape index (κ2) is 8.86. The minimum atomic E-state index is -0.355. The quantitative estimate of drug-likeness (QED) is 0.389. The van der Waals surface area contributed by atoms with E-state index in [0.717, 1.165) is 36.1 Å². The van der Waals surface area contributed by atoms with Crippen molar-refractivity contribution >= 4 is 23.1 Å². The van der Waals surface area contributed by atoms with Crippen LogP contribution in [0.2, 0.25) is 0 Å². The Hall–Kier alpha value is -2.07. The second-order valence-corrected chi connectivity index (χ2v) is 7.02. The number of nitrogens with one attached hydrogen (secondary N) is 2. The minimum Gasteiger partial charge on any atom is -0.298 e. The number of halogens is 2. The standard InChI is InChI=1S/C20H25ClFN3/c1-13(2)11-15(4)20(23-19-10-9-14(3)12-17(19)22)25-24-18-8-6-5-7-16(18)21/h7-10,12-13,24H,4-6,11H2,1-3H3,(H,23,25). The number of hydrogen-bond acceptors (Lipinski definition) is 2. The van der Waals surface area contributed by atoms with Gasteiger partial charge in [0.2, 0.25) is 0 Å². The summed E-state index contributed by atoms with van der Waals surface area (Å²) in [6.45, 7) is 10.2. The van der Waals surface area contributed by atoms with E-state index in [1.807, 2.05) is 25.1 Å². The molecule has 2 rings (SSSR count). The van der Waals surface area contributed by atoms with E-state index in [0.29, 0.717) is 16.8 Å². The molecular formula is C20H25ClFN3. The molecule has 0 saturated carbocycles. The van der Waals surface area contributed by atoms with Gasteiger partial charge >= 0.3 is 0 Å². The molecule has 3 nitrogen and oxygen atoms in total. The lowest BCUT2D eigenvalue weighted by Gasteiger charge is -2.19. The van der Waals surface area contributed by atoms with Crippen LogP contribution in [-0.2, 0) is 0 Å². The monoisotopic (exact) mass is 361 g/mol. The number of aryl methyl sites for hydroxylation is 1. The van der Waals surface area contributed by atoms with Crippen LogP contribution in [0.5, 0.6) is 0 Å². The summed E-state index contributed by atoms with van der Waals surface area (Å²) in [5.41, 5.74) is 8.86. The highest BCUT2D eigenvalue weighted by molar-refractivity contribution is 6.32. The summed E-state index contributed by atoms with van der Waals surface area (Å²) in [4.78, 5) is 4.44. The average Bonchev–Trinajstić information content (AvgIpc) is 2.54. The van der Waals surface area contributed by atoms with Crippen LogP contribution in [0.15, 0.2) is 58.2 Å². The fourth-order valence-corrected chi connectivity index (χ4v) is 2.72. The maximum atomic E-state index is 14.2. The Morgan fingerprint density at radius 3 is 2.68 bits per heavy atom. The molecule has 0 fully saturated rings. The normalized spacial score (nSPS) is 14.9. The molecule has 1 aliphatic rings. The number of rotatable bonds is 6. The van der Waals surface area contributed by atoms with Gasteiger partial charge in [-0.3, -0.25) is 10.9 Å². The van der Waals surface area contributed by atoms with Gasteiger partial charge in [0.15, 0.2) is 0 Å². The molecule has 0 atom stereocenters. The van der Waals surface area contributed by atoms with Gasteiger partial charge < -0.3 is 0 Å². The van der Waals surface area contributed by atoms with Gasteiger partial charge in [0, 0.05) is 0 Å². The van der Waals surface area contributed by atoms with Gasteiger partial charge in [-0.1, -0.05) is 50.2 Å². The molecule has 1 aromatic carbocycles. The minimum absolute atomic E-state index is 0.277. The van der Waals surface area contributed by atoms with Crippen molar-refractivity contribution in [2.75, 3.05) is 0 Å². The molecule has 5 heteroatoms. The van der Waals surface area contributed by atoms with Crippen LogP contribution in [0.3, 0.4) is 0 Å². The van der Waals surface area contributed by atoms with Crippen molar-refractivity contribution in [3.05, 3.63) is 64.6 Å². The number of nitrogens with zero attached hydrogens (tertiary/aromatic N) is 1. The van der Waals surface area contributed by atoms with Crippen molar-refractivity contribution in [2.45, 2.75) is 40.0 Å². The van der Waals surface area contributed by atoms with Crippen molar-refractivity contribution in [2.24, 2.45) is 10.9 Å². The third-order valence-electron chi connectivity index (χ3n) is 3.74. The molecule has 134 valence electrons. The van der Waals surface area contributed by atoms with Crippen molar-refractivity contribution in [3.63, 3.8) is 0 Å². The van der Waals surface area contributed by atoms with E-state index < -0.39 is 0 Å². The lowest BCUT2D eigenvalue weighted by atomic mass is 10.0. The Labute approximate surface area is 154 Å². The Balaban J connectivity index is 2.23. The van der Waals surface area contributed by atoms with E-state index in [9.17, 15) is 4.39 Å². The molecule has 25 heavy (non-hydrogen) atoms. The predicted octanol–water partition coefficient (Wildman–Crippen LogP) is 5.66. The Bertz CT molecular complexity index is 732. The van der Waals surface area contributed by atoms with E-state index in [2.05, 4.69) is 36.3 Å². The van der Waals surface area contributed by atoms with Crippen LogP contribution in [0.1, 0.15) is 38.7 Å². The molecule has 0 bridgehead atoms. The number of benzene rings is 1. The highest BCUT2D eigenvalue weighted by Crippen LogP contribution is 2.22. The summed E-state index contributed by atoms with van der Waals surface area (Å²) in [6.07, 6.45) is 6.59. The molecule has 2 N–H and O–H groups in total. The van der Waals surface area contributed by atoms with Gasteiger partial charge in [0.1, 0.15) is 17.3 Å². The maximum Gasteiger partial charge on any atom is 0.149 e. The molecular weight excluding hydrogens is 337 g/mol. The molecule has 0 aromatic heterocycles. The largest absolute Gasteiger partial charge is 0.298 e. The number of hydrogen-bond donors (Lipinski definition) is 2. The van der Waals surface area contributed by atoms with E-state index in [1.165, 1.54) is 6.07 Å². The van der Waals surface area contributed by atoms with Gasteiger partial charge in [-0.25, -0.2) is 9.38 Å². The van der Waals surface area contributed by atoms with Crippen LogP contribution in [0.25, 0.3) is 0 Å². The molecule has 1 aliphatic carbocycles.